The number of anilines is 2. The van der Waals surface area contributed by atoms with Crippen molar-refractivity contribution in [2.45, 2.75) is 13.0 Å². The second kappa shape index (κ2) is 9.30. The first-order chi connectivity index (χ1) is 17.1. The number of carbonyl (C=O) groups excluding carboxylic acids is 1. The molecule has 1 atom stereocenters. The molecule has 0 saturated heterocycles. The van der Waals surface area contributed by atoms with Crippen molar-refractivity contribution in [1.82, 2.24) is 19.7 Å². The fourth-order valence-electron chi connectivity index (χ4n) is 4.09. The number of methoxy groups -OCH3 is 2. The van der Waals surface area contributed by atoms with Crippen molar-refractivity contribution in [3.63, 3.8) is 0 Å². The number of fused-ring (bicyclic) bond motifs is 1. The molecule has 1 aliphatic heterocycles. The number of benzene rings is 2. The molecule has 0 saturated carbocycles. The van der Waals surface area contributed by atoms with Crippen LogP contribution < -0.4 is 20.1 Å². The SMILES string of the molecule is COc1ccc([C@@H]2C(C(=O)Nc3ccccc3OC)=C(C)Nc3nc(-c4cccnc4)nn32)cc1. The third-order valence-electron chi connectivity index (χ3n) is 5.80. The number of pyridine rings is 1. The maximum atomic E-state index is 13.7. The number of aromatic nitrogens is 4. The van der Waals surface area contributed by atoms with Crippen LogP contribution in [0.3, 0.4) is 0 Å². The summed E-state index contributed by atoms with van der Waals surface area (Å²) in [5, 5.41) is 11.0. The normalized spacial score (nSPS) is 14.7. The average Bonchev–Trinajstić information content (AvgIpc) is 3.32. The molecular formula is C26H24N6O3. The van der Waals surface area contributed by atoms with Crippen molar-refractivity contribution in [2.75, 3.05) is 24.9 Å². The molecule has 5 rings (SSSR count). The highest BCUT2D eigenvalue weighted by Crippen LogP contribution is 2.37. The van der Waals surface area contributed by atoms with Gasteiger partial charge in [-0.15, -0.1) is 5.10 Å². The van der Waals surface area contributed by atoms with Crippen LogP contribution in [-0.2, 0) is 4.79 Å². The number of carbonyl (C=O) groups is 1. The molecule has 2 N–H and O–H groups in total. The zero-order chi connectivity index (χ0) is 24.4. The predicted octanol–water partition coefficient (Wildman–Crippen LogP) is 4.28. The average molecular weight is 469 g/mol. The van der Waals surface area contributed by atoms with Gasteiger partial charge in [-0.3, -0.25) is 9.78 Å². The van der Waals surface area contributed by atoms with E-state index in [9.17, 15) is 4.79 Å². The van der Waals surface area contributed by atoms with Gasteiger partial charge in [0.15, 0.2) is 5.82 Å². The van der Waals surface area contributed by atoms with Gasteiger partial charge in [0.25, 0.3) is 5.91 Å². The molecule has 0 fully saturated rings. The van der Waals surface area contributed by atoms with Gasteiger partial charge >= 0.3 is 0 Å². The molecule has 3 heterocycles. The van der Waals surface area contributed by atoms with Crippen LogP contribution in [0.4, 0.5) is 11.6 Å². The van der Waals surface area contributed by atoms with E-state index in [0.29, 0.717) is 34.5 Å². The Kier molecular flexibility index (Phi) is 5.88. The van der Waals surface area contributed by atoms with E-state index in [0.717, 1.165) is 16.9 Å². The molecule has 9 nitrogen and oxygen atoms in total. The Labute approximate surface area is 202 Å². The lowest BCUT2D eigenvalue weighted by atomic mass is 9.95. The van der Waals surface area contributed by atoms with E-state index in [1.165, 1.54) is 0 Å². The van der Waals surface area contributed by atoms with E-state index >= 15 is 0 Å². The third kappa shape index (κ3) is 4.19. The summed E-state index contributed by atoms with van der Waals surface area (Å²) >= 11 is 0. The maximum absolute atomic E-state index is 13.7. The molecule has 0 radical (unpaired) electrons. The number of rotatable bonds is 6. The van der Waals surface area contributed by atoms with E-state index in [4.69, 9.17) is 14.6 Å². The van der Waals surface area contributed by atoms with Crippen molar-refractivity contribution in [3.05, 3.63) is 89.9 Å². The number of amides is 1. The Morgan fingerprint density at radius 1 is 1.03 bits per heavy atom. The monoisotopic (exact) mass is 468 g/mol. The summed E-state index contributed by atoms with van der Waals surface area (Å²) in [7, 11) is 3.19. The number of para-hydroxylation sites is 2. The lowest BCUT2D eigenvalue weighted by Crippen LogP contribution is -2.31. The summed E-state index contributed by atoms with van der Waals surface area (Å²) in [6, 6.07) is 18.1. The second-order valence-corrected chi connectivity index (χ2v) is 7.94. The highest BCUT2D eigenvalue weighted by atomic mass is 16.5. The van der Waals surface area contributed by atoms with Gasteiger partial charge in [-0.25, -0.2) is 4.68 Å². The van der Waals surface area contributed by atoms with E-state index in [1.54, 1.807) is 43.4 Å². The fraction of sp³-hybridized carbons (Fsp3) is 0.154. The van der Waals surface area contributed by atoms with Gasteiger partial charge in [0.2, 0.25) is 5.95 Å². The van der Waals surface area contributed by atoms with Crippen LogP contribution in [0.2, 0.25) is 0 Å². The molecule has 176 valence electrons. The minimum atomic E-state index is -0.523. The van der Waals surface area contributed by atoms with Crippen LogP contribution in [-0.4, -0.2) is 39.9 Å². The Hall–Kier alpha value is -4.66. The van der Waals surface area contributed by atoms with Crippen molar-refractivity contribution < 1.29 is 14.3 Å². The van der Waals surface area contributed by atoms with Gasteiger partial charge in [0.1, 0.15) is 17.5 Å². The van der Waals surface area contributed by atoms with Crippen LogP contribution in [0.25, 0.3) is 11.4 Å². The summed E-state index contributed by atoms with van der Waals surface area (Å²) in [6.07, 6.45) is 3.41. The Balaban J connectivity index is 1.60. The van der Waals surface area contributed by atoms with Gasteiger partial charge in [-0.1, -0.05) is 24.3 Å². The summed E-state index contributed by atoms with van der Waals surface area (Å²) in [5.41, 5.74) is 3.41. The van der Waals surface area contributed by atoms with Gasteiger partial charge < -0.3 is 20.1 Å². The van der Waals surface area contributed by atoms with Gasteiger partial charge in [0.05, 0.1) is 25.5 Å². The number of hydrogen-bond donors (Lipinski definition) is 2. The largest absolute Gasteiger partial charge is 0.497 e. The standard InChI is InChI=1S/C26H24N6O3/c1-16-22(25(33)29-20-8-4-5-9-21(20)35-3)23(17-10-12-19(34-2)13-11-17)32-26(28-16)30-24(31-32)18-7-6-14-27-15-18/h4-15,23H,1-3H3,(H,29,33)(H,28,30,31)/t23-/m1/s1. The van der Waals surface area contributed by atoms with Crippen molar-refractivity contribution >= 4 is 17.5 Å². The molecule has 2 aromatic carbocycles. The first-order valence-corrected chi connectivity index (χ1v) is 11.0. The molecule has 1 amide bonds. The lowest BCUT2D eigenvalue weighted by molar-refractivity contribution is -0.113. The van der Waals surface area contributed by atoms with Gasteiger partial charge in [-0.2, -0.15) is 4.98 Å². The number of nitrogens with one attached hydrogen (secondary N) is 2. The van der Waals surface area contributed by atoms with Crippen molar-refractivity contribution in [2.24, 2.45) is 0 Å². The minimum Gasteiger partial charge on any atom is -0.497 e. The van der Waals surface area contributed by atoms with Gasteiger partial charge in [0, 0.05) is 23.7 Å². The highest BCUT2D eigenvalue weighted by Gasteiger charge is 2.34. The lowest BCUT2D eigenvalue weighted by Gasteiger charge is -2.29. The quantitative estimate of drug-likeness (QED) is 0.435. The van der Waals surface area contributed by atoms with Crippen LogP contribution in [0.5, 0.6) is 11.5 Å². The van der Waals surface area contributed by atoms with E-state index in [1.807, 2.05) is 55.5 Å². The van der Waals surface area contributed by atoms with Crippen LogP contribution >= 0.6 is 0 Å². The summed E-state index contributed by atoms with van der Waals surface area (Å²) in [5.74, 6) is 2.07. The number of allylic oxidation sites excluding steroid dienone is 1. The Bertz CT molecular complexity index is 1400. The molecule has 1 aliphatic rings. The number of hydrogen-bond acceptors (Lipinski definition) is 7. The smallest absolute Gasteiger partial charge is 0.255 e. The van der Waals surface area contributed by atoms with Crippen molar-refractivity contribution in [1.29, 1.82) is 0 Å². The molecule has 0 aliphatic carbocycles. The molecule has 0 bridgehead atoms. The zero-order valence-corrected chi connectivity index (χ0v) is 19.5. The molecule has 35 heavy (non-hydrogen) atoms. The molecule has 4 aromatic rings. The second-order valence-electron chi connectivity index (χ2n) is 7.94. The minimum absolute atomic E-state index is 0.274. The van der Waals surface area contributed by atoms with Crippen LogP contribution in [0, 0.1) is 0 Å². The zero-order valence-electron chi connectivity index (χ0n) is 19.5. The summed E-state index contributed by atoms with van der Waals surface area (Å²) in [6.45, 7) is 1.86. The topological polar surface area (TPSA) is 103 Å². The maximum Gasteiger partial charge on any atom is 0.255 e. The van der Waals surface area contributed by atoms with Gasteiger partial charge in [-0.05, 0) is 48.9 Å². The Morgan fingerprint density at radius 2 is 1.83 bits per heavy atom. The van der Waals surface area contributed by atoms with Crippen molar-refractivity contribution in [3.8, 4) is 22.9 Å². The van der Waals surface area contributed by atoms with E-state index in [-0.39, 0.29) is 5.91 Å². The first kappa shape index (κ1) is 22.1. The molecular weight excluding hydrogens is 444 g/mol. The first-order valence-electron chi connectivity index (χ1n) is 11.0. The third-order valence-corrected chi connectivity index (χ3v) is 5.80. The molecule has 2 aromatic heterocycles. The molecule has 0 unspecified atom stereocenters. The molecule has 9 heteroatoms. The number of nitrogens with zero attached hydrogens (tertiary/aromatic N) is 4. The van der Waals surface area contributed by atoms with Crippen LogP contribution in [0.1, 0.15) is 18.5 Å². The van der Waals surface area contributed by atoms with E-state index in [2.05, 4.69) is 20.6 Å². The summed E-state index contributed by atoms with van der Waals surface area (Å²) in [4.78, 5) is 22.5. The predicted molar refractivity (Wildman–Crippen MR) is 132 cm³/mol. The molecule has 0 spiro atoms. The highest BCUT2D eigenvalue weighted by molar-refractivity contribution is 6.06. The van der Waals surface area contributed by atoms with Crippen LogP contribution in [0.15, 0.2) is 84.3 Å². The van der Waals surface area contributed by atoms with E-state index < -0.39 is 6.04 Å². The fourth-order valence-corrected chi connectivity index (χ4v) is 4.09. The Morgan fingerprint density at radius 3 is 2.54 bits per heavy atom. The summed E-state index contributed by atoms with van der Waals surface area (Å²) < 4.78 is 12.5. The number of ether oxygens (including phenoxy) is 2.